The Hall–Kier alpha value is -1.88. The van der Waals surface area contributed by atoms with E-state index < -0.39 is 5.97 Å². The second kappa shape index (κ2) is 7.05. The number of benzene rings is 1. The predicted octanol–water partition coefficient (Wildman–Crippen LogP) is 1.18. The predicted molar refractivity (Wildman–Crippen MR) is 73.3 cm³/mol. The molecule has 1 amide bonds. The first-order valence-electron chi connectivity index (χ1n) is 6.79. The lowest BCUT2D eigenvalue weighted by Gasteiger charge is -2.23. The second-order valence-electron chi connectivity index (χ2n) is 4.95. The van der Waals surface area contributed by atoms with E-state index in [-0.39, 0.29) is 18.4 Å². The van der Waals surface area contributed by atoms with Crippen LogP contribution in [0.3, 0.4) is 0 Å². The van der Waals surface area contributed by atoms with Crippen molar-refractivity contribution >= 4 is 11.9 Å². The van der Waals surface area contributed by atoms with Gasteiger partial charge in [-0.2, -0.15) is 0 Å². The molecule has 1 N–H and O–H groups in total. The summed E-state index contributed by atoms with van der Waals surface area (Å²) in [6.45, 7) is 1.16. The van der Waals surface area contributed by atoms with Crippen LogP contribution < -0.4 is 0 Å². The van der Waals surface area contributed by atoms with Gasteiger partial charge in [-0.3, -0.25) is 9.59 Å². The third-order valence-corrected chi connectivity index (χ3v) is 3.43. The highest BCUT2D eigenvalue weighted by Crippen LogP contribution is 2.16. The smallest absolute Gasteiger partial charge is 0.323 e. The van der Waals surface area contributed by atoms with E-state index >= 15 is 0 Å². The Morgan fingerprint density at radius 2 is 2.05 bits per heavy atom. The van der Waals surface area contributed by atoms with Crippen molar-refractivity contribution in [3.05, 3.63) is 35.9 Å². The van der Waals surface area contributed by atoms with Gasteiger partial charge in [-0.1, -0.05) is 30.3 Å². The van der Waals surface area contributed by atoms with Gasteiger partial charge >= 0.3 is 5.97 Å². The second-order valence-corrected chi connectivity index (χ2v) is 4.95. The number of amides is 1. The minimum atomic E-state index is -0.981. The molecular formula is C15H19NO4. The van der Waals surface area contributed by atoms with Crippen LogP contribution in [0.25, 0.3) is 0 Å². The summed E-state index contributed by atoms with van der Waals surface area (Å²) in [6, 6.07) is 9.75. The van der Waals surface area contributed by atoms with Crippen molar-refractivity contribution < 1.29 is 19.4 Å². The number of aliphatic carboxylic acids is 1. The van der Waals surface area contributed by atoms with Crippen LogP contribution in [-0.4, -0.2) is 48.2 Å². The standard InChI is InChI=1S/C15H19NO4/c17-14(18)10-16(15(19)13-7-9-20-11-13)8-6-12-4-2-1-3-5-12/h1-5,13H,6-11H2,(H,17,18). The molecule has 0 radical (unpaired) electrons. The quantitative estimate of drug-likeness (QED) is 0.848. The third kappa shape index (κ3) is 4.06. The maximum absolute atomic E-state index is 12.3. The van der Waals surface area contributed by atoms with E-state index in [0.29, 0.717) is 32.6 Å². The molecule has 1 heterocycles. The van der Waals surface area contributed by atoms with Gasteiger partial charge in [0.2, 0.25) is 5.91 Å². The van der Waals surface area contributed by atoms with E-state index in [4.69, 9.17) is 9.84 Å². The highest BCUT2D eigenvalue weighted by Gasteiger charge is 2.28. The lowest BCUT2D eigenvalue weighted by molar-refractivity contribution is -0.146. The van der Waals surface area contributed by atoms with Gasteiger partial charge in [-0.25, -0.2) is 0 Å². The number of rotatable bonds is 6. The molecule has 108 valence electrons. The zero-order chi connectivity index (χ0) is 14.4. The van der Waals surface area contributed by atoms with E-state index in [1.807, 2.05) is 30.3 Å². The van der Waals surface area contributed by atoms with Crippen LogP contribution >= 0.6 is 0 Å². The lowest BCUT2D eigenvalue weighted by Crippen LogP contribution is -2.41. The van der Waals surface area contributed by atoms with Crippen LogP contribution in [0.4, 0.5) is 0 Å². The summed E-state index contributed by atoms with van der Waals surface area (Å²) < 4.78 is 5.20. The Morgan fingerprint density at radius 3 is 2.65 bits per heavy atom. The molecule has 0 saturated carbocycles. The third-order valence-electron chi connectivity index (χ3n) is 3.43. The summed E-state index contributed by atoms with van der Waals surface area (Å²) in [5.74, 6) is -1.28. The van der Waals surface area contributed by atoms with Crippen LogP contribution in [0.2, 0.25) is 0 Å². The summed E-state index contributed by atoms with van der Waals surface area (Å²) in [6.07, 6.45) is 1.34. The Labute approximate surface area is 118 Å². The monoisotopic (exact) mass is 277 g/mol. The first-order chi connectivity index (χ1) is 9.66. The number of carbonyl (C=O) groups is 2. The minimum absolute atomic E-state index is 0.110. The largest absolute Gasteiger partial charge is 0.480 e. The van der Waals surface area contributed by atoms with Gasteiger partial charge < -0.3 is 14.7 Å². The molecule has 1 atom stereocenters. The summed E-state index contributed by atoms with van der Waals surface area (Å²) in [5.41, 5.74) is 1.10. The molecule has 1 aliphatic heterocycles. The van der Waals surface area contributed by atoms with Crippen LogP contribution in [-0.2, 0) is 20.7 Å². The Balaban J connectivity index is 1.95. The van der Waals surface area contributed by atoms with Crippen molar-refractivity contribution in [2.75, 3.05) is 26.3 Å². The van der Waals surface area contributed by atoms with Gasteiger partial charge in [-0.15, -0.1) is 0 Å². The first-order valence-corrected chi connectivity index (χ1v) is 6.79. The van der Waals surface area contributed by atoms with Gasteiger partial charge in [0.1, 0.15) is 6.54 Å². The van der Waals surface area contributed by atoms with Gasteiger partial charge in [0.05, 0.1) is 12.5 Å². The Kier molecular flexibility index (Phi) is 5.12. The van der Waals surface area contributed by atoms with E-state index in [0.717, 1.165) is 5.56 Å². The van der Waals surface area contributed by atoms with Gasteiger partial charge in [0.25, 0.3) is 0 Å². The van der Waals surface area contributed by atoms with Crippen LogP contribution in [0.15, 0.2) is 30.3 Å². The number of carboxylic acid groups (broad SMARTS) is 1. The van der Waals surface area contributed by atoms with Crippen molar-refractivity contribution in [2.24, 2.45) is 5.92 Å². The van der Waals surface area contributed by atoms with Crippen LogP contribution in [0, 0.1) is 5.92 Å². The molecule has 5 nitrogen and oxygen atoms in total. The summed E-state index contributed by atoms with van der Waals surface area (Å²) in [7, 11) is 0. The molecule has 20 heavy (non-hydrogen) atoms. The number of carboxylic acids is 1. The van der Waals surface area contributed by atoms with Gasteiger partial charge in [0, 0.05) is 13.2 Å². The van der Waals surface area contributed by atoms with Crippen molar-refractivity contribution in [2.45, 2.75) is 12.8 Å². The summed E-state index contributed by atoms with van der Waals surface area (Å²) >= 11 is 0. The molecule has 1 saturated heterocycles. The number of ether oxygens (including phenoxy) is 1. The Morgan fingerprint density at radius 1 is 1.30 bits per heavy atom. The average Bonchev–Trinajstić information content (AvgIpc) is 2.97. The van der Waals surface area contributed by atoms with Crippen LogP contribution in [0.1, 0.15) is 12.0 Å². The van der Waals surface area contributed by atoms with E-state index in [1.54, 1.807) is 0 Å². The molecule has 1 fully saturated rings. The normalized spacial score (nSPS) is 17.9. The molecule has 5 heteroatoms. The fourth-order valence-corrected chi connectivity index (χ4v) is 2.33. The summed E-state index contributed by atoms with van der Waals surface area (Å²) in [4.78, 5) is 24.6. The van der Waals surface area contributed by atoms with Crippen molar-refractivity contribution in [1.82, 2.24) is 4.90 Å². The van der Waals surface area contributed by atoms with Crippen molar-refractivity contribution in [1.29, 1.82) is 0 Å². The highest BCUT2D eigenvalue weighted by atomic mass is 16.5. The van der Waals surface area contributed by atoms with Gasteiger partial charge in [-0.05, 0) is 18.4 Å². The number of hydrogen-bond donors (Lipinski definition) is 1. The molecule has 0 spiro atoms. The van der Waals surface area contributed by atoms with Gasteiger partial charge in [0.15, 0.2) is 0 Å². The fraction of sp³-hybridized carbons (Fsp3) is 0.467. The topological polar surface area (TPSA) is 66.8 Å². The van der Waals surface area contributed by atoms with E-state index in [9.17, 15) is 9.59 Å². The van der Waals surface area contributed by atoms with E-state index in [2.05, 4.69) is 0 Å². The molecule has 1 aromatic carbocycles. The maximum Gasteiger partial charge on any atom is 0.323 e. The SMILES string of the molecule is O=C(O)CN(CCc1ccccc1)C(=O)C1CCOC1. The molecule has 0 bridgehead atoms. The molecule has 0 aliphatic carbocycles. The molecule has 1 unspecified atom stereocenters. The maximum atomic E-state index is 12.3. The molecular weight excluding hydrogens is 258 g/mol. The fourth-order valence-electron chi connectivity index (χ4n) is 2.33. The lowest BCUT2D eigenvalue weighted by atomic mass is 10.1. The molecule has 1 aliphatic rings. The zero-order valence-corrected chi connectivity index (χ0v) is 11.3. The molecule has 2 rings (SSSR count). The number of carbonyl (C=O) groups excluding carboxylic acids is 1. The van der Waals surface area contributed by atoms with Crippen molar-refractivity contribution in [3.8, 4) is 0 Å². The minimum Gasteiger partial charge on any atom is -0.480 e. The Bertz CT molecular complexity index is 454. The first kappa shape index (κ1) is 14.5. The number of nitrogens with zero attached hydrogens (tertiary/aromatic N) is 1. The molecule has 1 aromatic rings. The van der Waals surface area contributed by atoms with E-state index in [1.165, 1.54) is 4.90 Å². The van der Waals surface area contributed by atoms with Crippen molar-refractivity contribution in [3.63, 3.8) is 0 Å². The molecule has 0 aromatic heterocycles. The average molecular weight is 277 g/mol. The zero-order valence-electron chi connectivity index (χ0n) is 11.3. The van der Waals surface area contributed by atoms with Crippen LogP contribution in [0.5, 0.6) is 0 Å². The highest BCUT2D eigenvalue weighted by molar-refractivity contribution is 5.83. The number of hydrogen-bond acceptors (Lipinski definition) is 3. The summed E-state index contributed by atoms with van der Waals surface area (Å²) in [5, 5.41) is 8.95.